The lowest BCUT2D eigenvalue weighted by Gasteiger charge is -2.16. The van der Waals surface area contributed by atoms with E-state index in [9.17, 15) is 8.78 Å². The van der Waals surface area contributed by atoms with E-state index >= 15 is 0 Å². The van der Waals surface area contributed by atoms with Crippen molar-refractivity contribution in [1.82, 2.24) is 15.2 Å². The first-order valence-electron chi connectivity index (χ1n) is 6.45. The number of para-hydroxylation sites is 1. The number of hydrazine groups is 1. The molecule has 1 unspecified atom stereocenters. The van der Waals surface area contributed by atoms with Crippen LogP contribution in [-0.2, 0) is 7.05 Å². The number of hydrogen-bond acceptors (Lipinski definition) is 3. The summed E-state index contributed by atoms with van der Waals surface area (Å²) in [6.45, 7) is 0. The zero-order valence-electron chi connectivity index (χ0n) is 11.3. The van der Waals surface area contributed by atoms with Gasteiger partial charge in [-0.05, 0) is 18.2 Å². The number of nitrogens with one attached hydrogen (secondary N) is 1. The van der Waals surface area contributed by atoms with Crippen molar-refractivity contribution in [3.8, 4) is 0 Å². The first-order valence-corrected chi connectivity index (χ1v) is 6.45. The second-order valence-electron chi connectivity index (χ2n) is 4.76. The molecule has 0 amide bonds. The quantitative estimate of drug-likeness (QED) is 0.575. The normalized spacial score (nSPS) is 12.8. The van der Waals surface area contributed by atoms with Crippen LogP contribution in [0.15, 0.2) is 42.5 Å². The van der Waals surface area contributed by atoms with E-state index in [1.165, 1.54) is 18.2 Å². The predicted molar refractivity (Wildman–Crippen MR) is 76.2 cm³/mol. The zero-order valence-corrected chi connectivity index (χ0v) is 11.3. The summed E-state index contributed by atoms with van der Waals surface area (Å²) in [7, 11) is 1.77. The van der Waals surface area contributed by atoms with Crippen molar-refractivity contribution in [2.75, 3.05) is 0 Å². The molecule has 3 N–H and O–H groups in total. The maximum Gasteiger partial charge on any atom is 0.131 e. The summed E-state index contributed by atoms with van der Waals surface area (Å²) in [4.78, 5) is 0. The fourth-order valence-corrected chi connectivity index (χ4v) is 2.54. The van der Waals surface area contributed by atoms with Gasteiger partial charge in [0, 0.05) is 18.0 Å². The van der Waals surface area contributed by atoms with Gasteiger partial charge in [-0.25, -0.2) is 14.2 Å². The van der Waals surface area contributed by atoms with E-state index in [1.807, 2.05) is 24.3 Å². The molecule has 4 nitrogen and oxygen atoms in total. The molecule has 1 atom stereocenters. The molecule has 0 fully saturated rings. The molecule has 2 aromatic carbocycles. The Morgan fingerprint density at radius 1 is 1.10 bits per heavy atom. The van der Waals surface area contributed by atoms with E-state index in [2.05, 4.69) is 10.5 Å². The Hall–Kier alpha value is -2.31. The van der Waals surface area contributed by atoms with Crippen LogP contribution in [0.25, 0.3) is 10.9 Å². The monoisotopic (exact) mass is 288 g/mol. The Morgan fingerprint density at radius 2 is 1.76 bits per heavy atom. The standard InChI is InChI=1S/C15H14F2N4/c1-21-12-8-3-2-5-9(12)14(20-21)15(19-18)13-10(16)6-4-7-11(13)17/h2-8,15,19H,18H2,1H3. The summed E-state index contributed by atoms with van der Waals surface area (Å²) >= 11 is 0. The lowest BCUT2D eigenvalue weighted by molar-refractivity contribution is 0.503. The molecule has 0 saturated heterocycles. The molecule has 0 bridgehead atoms. The number of fused-ring (bicyclic) bond motifs is 1. The maximum absolute atomic E-state index is 14.0. The maximum atomic E-state index is 14.0. The largest absolute Gasteiger partial charge is 0.271 e. The number of aryl methyl sites for hydroxylation is 1. The van der Waals surface area contributed by atoms with Crippen LogP contribution in [0.2, 0.25) is 0 Å². The molecule has 0 saturated carbocycles. The Labute approximate surface area is 120 Å². The predicted octanol–water partition coefficient (Wildman–Crippen LogP) is 2.40. The van der Waals surface area contributed by atoms with Crippen LogP contribution in [0.3, 0.4) is 0 Å². The van der Waals surface area contributed by atoms with Gasteiger partial charge in [-0.15, -0.1) is 0 Å². The van der Waals surface area contributed by atoms with Crippen LogP contribution < -0.4 is 11.3 Å². The molecule has 1 heterocycles. The number of benzene rings is 2. The summed E-state index contributed by atoms with van der Waals surface area (Å²) in [5.41, 5.74) is 3.68. The molecule has 108 valence electrons. The highest BCUT2D eigenvalue weighted by molar-refractivity contribution is 5.82. The Kier molecular flexibility index (Phi) is 3.40. The van der Waals surface area contributed by atoms with Gasteiger partial charge >= 0.3 is 0 Å². The van der Waals surface area contributed by atoms with Crippen molar-refractivity contribution in [3.05, 3.63) is 65.4 Å². The molecule has 3 rings (SSSR count). The van der Waals surface area contributed by atoms with E-state index in [4.69, 9.17) is 5.84 Å². The number of hydrogen-bond donors (Lipinski definition) is 2. The molecule has 0 aliphatic carbocycles. The third-order valence-electron chi connectivity index (χ3n) is 3.51. The SMILES string of the molecule is Cn1nc(C(NN)c2c(F)cccc2F)c2ccccc21. The van der Waals surface area contributed by atoms with Gasteiger partial charge < -0.3 is 0 Å². The number of rotatable bonds is 3. The van der Waals surface area contributed by atoms with Gasteiger partial charge in [-0.1, -0.05) is 24.3 Å². The van der Waals surface area contributed by atoms with Gasteiger partial charge in [-0.2, -0.15) is 5.10 Å². The Morgan fingerprint density at radius 3 is 2.43 bits per heavy atom. The van der Waals surface area contributed by atoms with Crippen LogP contribution >= 0.6 is 0 Å². The lowest BCUT2D eigenvalue weighted by Crippen LogP contribution is -2.31. The van der Waals surface area contributed by atoms with E-state index in [0.717, 1.165) is 10.9 Å². The van der Waals surface area contributed by atoms with Crippen molar-refractivity contribution >= 4 is 10.9 Å². The van der Waals surface area contributed by atoms with Gasteiger partial charge in [0.2, 0.25) is 0 Å². The summed E-state index contributed by atoms with van der Waals surface area (Å²) in [5.74, 6) is 4.22. The fourth-order valence-electron chi connectivity index (χ4n) is 2.54. The third-order valence-corrected chi connectivity index (χ3v) is 3.51. The van der Waals surface area contributed by atoms with Crippen LogP contribution in [0.4, 0.5) is 8.78 Å². The van der Waals surface area contributed by atoms with Crippen molar-refractivity contribution in [2.24, 2.45) is 12.9 Å². The minimum atomic E-state index is -0.864. The van der Waals surface area contributed by atoms with Crippen LogP contribution in [0, 0.1) is 11.6 Å². The summed E-state index contributed by atoms with van der Waals surface area (Å²) in [6.07, 6.45) is 0. The Balaban J connectivity index is 2.24. The molecular formula is C15H14F2N4. The molecule has 21 heavy (non-hydrogen) atoms. The number of aromatic nitrogens is 2. The van der Waals surface area contributed by atoms with E-state index in [1.54, 1.807) is 11.7 Å². The third kappa shape index (κ3) is 2.18. The van der Waals surface area contributed by atoms with Crippen molar-refractivity contribution in [3.63, 3.8) is 0 Å². The highest BCUT2D eigenvalue weighted by Crippen LogP contribution is 2.30. The van der Waals surface area contributed by atoms with E-state index < -0.39 is 17.7 Å². The molecule has 6 heteroatoms. The van der Waals surface area contributed by atoms with E-state index in [0.29, 0.717) is 5.69 Å². The highest BCUT2D eigenvalue weighted by Gasteiger charge is 2.25. The van der Waals surface area contributed by atoms with Crippen LogP contribution in [0.1, 0.15) is 17.3 Å². The topological polar surface area (TPSA) is 55.9 Å². The van der Waals surface area contributed by atoms with Gasteiger partial charge in [0.05, 0.1) is 17.3 Å². The van der Waals surface area contributed by atoms with Crippen LogP contribution in [0.5, 0.6) is 0 Å². The molecular weight excluding hydrogens is 274 g/mol. The van der Waals surface area contributed by atoms with Gasteiger partial charge in [-0.3, -0.25) is 10.5 Å². The second-order valence-corrected chi connectivity index (χ2v) is 4.76. The van der Waals surface area contributed by atoms with Crippen LogP contribution in [-0.4, -0.2) is 9.78 Å². The number of nitrogens with zero attached hydrogens (tertiary/aromatic N) is 2. The number of nitrogens with two attached hydrogens (primary N) is 1. The average molecular weight is 288 g/mol. The van der Waals surface area contributed by atoms with Crippen molar-refractivity contribution < 1.29 is 8.78 Å². The molecule has 1 aromatic heterocycles. The second kappa shape index (κ2) is 5.23. The van der Waals surface area contributed by atoms with Gasteiger partial charge in [0.1, 0.15) is 11.6 Å². The van der Waals surface area contributed by atoms with Crippen molar-refractivity contribution in [2.45, 2.75) is 6.04 Å². The first kappa shape index (κ1) is 13.7. The zero-order chi connectivity index (χ0) is 15.0. The van der Waals surface area contributed by atoms with Crippen molar-refractivity contribution in [1.29, 1.82) is 0 Å². The minimum absolute atomic E-state index is 0.135. The smallest absolute Gasteiger partial charge is 0.131 e. The molecule has 0 spiro atoms. The van der Waals surface area contributed by atoms with E-state index in [-0.39, 0.29) is 5.56 Å². The number of halogens is 2. The fraction of sp³-hybridized carbons (Fsp3) is 0.133. The summed E-state index contributed by atoms with van der Waals surface area (Å²) in [5, 5.41) is 5.16. The van der Waals surface area contributed by atoms with Gasteiger partial charge in [0.15, 0.2) is 0 Å². The molecule has 3 aromatic rings. The average Bonchev–Trinajstić information content (AvgIpc) is 2.81. The molecule has 0 radical (unpaired) electrons. The molecule has 0 aliphatic rings. The highest BCUT2D eigenvalue weighted by atomic mass is 19.1. The summed E-state index contributed by atoms with van der Waals surface area (Å²) < 4.78 is 29.7. The summed E-state index contributed by atoms with van der Waals surface area (Å²) in [6, 6.07) is 10.3. The first-order chi connectivity index (χ1) is 10.1. The minimum Gasteiger partial charge on any atom is -0.271 e. The lowest BCUT2D eigenvalue weighted by atomic mass is 10.0. The molecule has 0 aliphatic heterocycles. The Bertz CT molecular complexity index is 777. The van der Waals surface area contributed by atoms with Gasteiger partial charge in [0.25, 0.3) is 0 Å².